The Balaban J connectivity index is 2.33. The number of nitrogens with two attached hydrogens (primary N) is 1. The van der Waals surface area contributed by atoms with Gasteiger partial charge in [-0.15, -0.1) is 0 Å². The maximum atomic E-state index is 11.6. The Morgan fingerprint density at radius 3 is 2.57 bits per heavy atom. The number of ether oxygens (including phenoxy) is 1. The number of methoxy groups -OCH3 is 1. The molecule has 2 unspecified atom stereocenters. The van der Waals surface area contributed by atoms with Gasteiger partial charge in [-0.25, -0.2) is 0 Å². The molecule has 1 aliphatic heterocycles. The average molecular weight is 291 g/mol. The predicted octanol–water partition coefficient (Wildman–Crippen LogP) is 0.432. The van der Waals surface area contributed by atoms with Crippen LogP contribution in [-0.2, 0) is 9.59 Å². The quantitative estimate of drug-likeness (QED) is 0.769. The van der Waals surface area contributed by atoms with E-state index in [-0.39, 0.29) is 37.0 Å². The second-order valence-corrected chi connectivity index (χ2v) is 5.17. The highest BCUT2D eigenvalue weighted by Crippen LogP contribution is 2.28. The van der Waals surface area contributed by atoms with E-state index in [9.17, 15) is 9.59 Å². The van der Waals surface area contributed by atoms with Crippen LogP contribution in [0.2, 0.25) is 0 Å². The summed E-state index contributed by atoms with van der Waals surface area (Å²) in [4.78, 5) is 25.1. The first-order chi connectivity index (χ1) is 10.0. The maximum Gasteiger partial charge on any atom is 0.240 e. The van der Waals surface area contributed by atoms with Crippen molar-refractivity contribution >= 4 is 11.8 Å². The summed E-state index contributed by atoms with van der Waals surface area (Å²) >= 11 is 0. The fraction of sp³-hybridized carbons (Fsp3) is 0.467. The van der Waals surface area contributed by atoms with Crippen LogP contribution in [0.5, 0.6) is 5.75 Å². The Kier molecular flexibility index (Phi) is 4.93. The van der Waals surface area contributed by atoms with Crippen molar-refractivity contribution in [2.75, 3.05) is 20.2 Å². The third-order valence-electron chi connectivity index (χ3n) is 3.68. The summed E-state index contributed by atoms with van der Waals surface area (Å²) in [6.07, 6.45) is 0.744. The summed E-state index contributed by atoms with van der Waals surface area (Å²) in [5.74, 6) is 0.151. The van der Waals surface area contributed by atoms with Gasteiger partial charge in [0.05, 0.1) is 26.2 Å². The molecular formula is C15H21N3O3. The summed E-state index contributed by atoms with van der Waals surface area (Å²) in [7, 11) is 1.60. The molecule has 2 amide bonds. The van der Waals surface area contributed by atoms with E-state index >= 15 is 0 Å². The Morgan fingerprint density at radius 2 is 2.00 bits per heavy atom. The number of nitrogens with zero attached hydrogens (tertiary/aromatic N) is 1. The molecule has 1 aromatic rings. The van der Waals surface area contributed by atoms with Crippen molar-refractivity contribution in [3.05, 3.63) is 29.8 Å². The molecule has 0 saturated carbocycles. The Bertz CT molecular complexity index is 517. The summed E-state index contributed by atoms with van der Waals surface area (Å²) in [6.45, 7) is 2.33. The number of rotatable bonds is 5. The van der Waals surface area contributed by atoms with Crippen LogP contribution in [0.3, 0.4) is 0 Å². The van der Waals surface area contributed by atoms with Gasteiger partial charge in [0.1, 0.15) is 5.75 Å². The molecule has 0 aliphatic carbocycles. The molecule has 0 bridgehead atoms. The maximum absolute atomic E-state index is 11.6. The largest absolute Gasteiger partial charge is 0.497 e. The number of hydrogen-bond acceptors (Lipinski definition) is 5. The first-order valence-corrected chi connectivity index (χ1v) is 7.01. The van der Waals surface area contributed by atoms with Gasteiger partial charge in [-0.05, 0) is 24.1 Å². The van der Waals surface area contributed by atoms with Crippen molar-refractivity contribution in [3.8, 4) is 5.75 Å². The minimum Gasteiger partial charge on any atom is -0.497 e. The predicted molar refractivity (Wildman–Crippen MR) is 78.7 cm³/mol. The van der Waals surface area contributed by atoms with Crippen LogP contribution in [0.1, 0.15) is 24.9 Å². The van der Waals surface area contributed by atoms with E-state index in [0.29, 0.717) is 0 Å². The zero-order valence-electron chi connectivity index (χ0n) is 12.3. The summed E-state index contributed by atoms with van der Waals surface area (Å²) in [6, 6.07) is 7.22. The van der Waals surface area contributed by atoms with Crippen LogP contribution in [0.25, 0.3) is 0 Å². The van der Waals surface area contributed by atoms with Gasteiger partial charge < -0.3 is 10.5 Å². The number of nitrogens with one attached hydrogen (secondary N) is 1. The van der Waals surface area contributed by atoms with E-state index < -0.39 is 0 Å². The van der Waals surface area contributed by atoms with Gasteiger partial charge in [0.15, 0.2) is 0 Å². The van der Waals surface area contributed by atoms with Crippen molar-refractivity contribution in [1.29, 1.82) is 0 Å². The second kappa shape index (κ2) is 6.69. The number of hydrogen-bond donors (Lipinski definition) is 2. The lowest BCUT2D eigenvalue weighted by atomic mass is 9.95. The van der Waals surface area contributed by atoms with E-state index in [1.54, 1.807) is 7.11 Å². The van der Waals surface area contributed by atoms with Gasteiger partial charge in [0.25, 0.3) is 0 Å². The molecule has 0 radical (unpaired) electrons. The van der Waals surface area contributed by atoms with Crippen molar-refractivity contribution in [2.45, 2.75) is 25.4 Å². The highest BCUT2D eigenvalue weighted by atomic mass is 16.5. The molecule has 2 atom stereocenters. The molecule has 1 saturated heterocycles. The molecule has 1 aliphatic rings. The first kappa shape index (κ1) is 15.5. The Labute approximate surface area is 124 Å². The minimum atomic E-state index is -0.289. The molecule has 2 rings (SSSR count). The van der Waals surface area contributed by atoms with Crippen molar-refractivity contribution in [1.82, 2.24) is 10.2 Å². The van der Waals surface area contributed by atoms with Crippen LogP contribution in [0.15, 0.2) is 24.3 Å². The number of amides is 2. The third kappa shape index (κ3) is 3.59. The van der Waals surface area contributed by atoms with Crippen LogP contribution in [-0.4, -0.2) is 43.0 Å². The fourth-order valence-corrected chi connectivity index (χ4v) is 2.63. The minimum absolute atomic E-state index is 0.168. The lowest BCUT2D eigenvalue weighted by molar-refractivity contribution is -0.137. The summed E-state index contributed by atoms with van der Waals surface area (Å²) in [5.41, 5.74) is 7.19. The summed E-state index contributed by atoms with van der Waals surface area (Å²) in [5, 5.41) is 2.31. The molecule has 3 N–H and O–H groups in total. The van der Waals surface area contributed by atoms with Crippen molar-refractivity contribution < 1.29 is 14.3 Å². The van der Waals surface area contributed by atoms with Crippen LogP contribution < -0.4 is 15.8 Å². The zero-order valence-corrected chi connectivity index (χ0v) is 12.3. The van der Waals surface area contributed by atoms with Gasteiger partial charge in [-0.3, -0.25) is 19.8 Å². The molecule has 0 aromatic heterocycles. The SMILES string of the molecule is CCC(N)C(c1cccc(OC)c1)N1CC(=O)NC(=O)C1. The third-order valence-corrected chi connectivity index (χ3v) is 3.68. The molecular weight excluding hydrogens is 270 g/mol. The fourth-order valence-electron chi connectivity index (χ4n) is 2.63. The van der Waals surface area contributed by atoms with Crippen LogP contribution >= 0.6 is 0 Å². The molecule has 6 heteroatoms. The smallest absolute Gasteiger partial charge is 0.240 e. The average Bonchev–Trinajstić information content (AvgIpc) is 2.46. The number of imide groups is 1. The topological polar surface area (TPSA) is 84.7 Å². The van der Waals surface area contributed by atoms with E-state index in [1.807, 2.05) is 36.1 Å². The Hall–Kier alpha value is -1.92. The molecule has 0 spiro atoms. The molecule has 1 aromatic carbocycles. The van der Waals surface area contributed by atoms with Gasteiger partial charge in [0.2, 0.25) is 11.8 Å². The van der Waals surface area contributed by atoms with Gasteiger partial charge in [0, 0.05) is 6.04 Å². The van der Waals surface area contributed by atoms with Crippen molar-refractivity contribution in [2.24, 2.45) is 5.73 Å². The van der Waals surface area contributed by atoms with Gasteiger partial charge >= 0.3 is 0 Å². The highest BCUT2D eigenvalue weighted by Gasteiger charge is 2.32. The number of carbonyl (C=O) groups is 2. The molecule has 6 nitrogen and oxygen atoms in total. The molecule has 21 heavy (non-hydrogen) atoms. The molecule has 1 heterocycles. The molecule has 114 valence electrons. The standard InChI is InChI=1S/C15H21N3O3/c1-3-12(16)15(10-5-4-6-11(7-10)21-2)18-8-13(19)17-14(20)9-18/h4-7,12,15H,3,8-9,16H2,1-2H3,(H,17,19,20). The summed E-state index contributed by atoms with van der Waals surface area (Å²) < 4.78 is 5.24. The lowest BCUT2D eigenvalue weighted by Crippen LogP contribution is -2.55. The molecule has 1 fully saturated rings. The second-order valence-electron chi connectivity index (χ2n) is 5.17. The van der Waals surface area contributed by atoms with E-state index in [1.165, 1.54) is 0 Å². The number of benzene rings is 1. The van der Waals surface area contributed by atoms with E-state index in [4.69, 9.17) is 10.5 Å². The normalized spacial score (nSPS) is 19.0. The zero-order chi connectivity index (χ0) is 15.4. The highest BCUT2D eigenvalue weighted by molar-refractivity contribution is 5.99. The number of carbonyl (C=O) groups excluding carboxylic acids is 2. The van der Waals surface area contributed by atoms with Gasteiger partial charge in [-0.1, -0.05) is 19.1 Å². The van der Waals surface area contributed by atoms with E-state index in [0.717, 1.165) is 17.7 Å². The monoisotopic (exact) mass is 291 g/mol. The van der Waals surface area contributed by atoms with Crippen LogP contribution in [0, 0.1) is 0 Å². The first-order valence-electron chi connectivity index (χ1n) is 7.01. The van der Waals surface area contributed by atoms with Crippen molar-refractivity contribution in [3.63, 3.8) is 0 Å². The van der Waals surface area contributed by atoms with E-state index in [2.05, 4.69) is 5.32 Å². The lowest BCUT2D eigenvalue weighted by Gasteiger charge is -2.36. The van der Waals surface area contributed by atoms with Crippen LogP contribution in [0.4, 0.5) is 0 Å². The van der Waals surface area contributed by atoms with Gasteiger partial charge in [-0.2, -0.15) is 0 Å². The Morgan fingerprint density at radius 1 is 1.33 bits per heavy atom. The number of piperazine rings is 1.